The van der Waals surface area contributed by atoms with Gasteiger partial charge in [-0.15, -0.1) is 0 Å². The minimum Gasteiger partial charge on any atom is -0.494 e. The van der Waals surface area contributed by atoms with Crippen molar-refractivity contribution in [3.8, 4) is 5.75 Å². The van der Waals surface area contributed by atoms with E-state index >= 15 is 0 Å². The van der Waals surface area contributed by atoms with Gasteiger partial charge in [-0.1, -0.05) is 23.9 Å². The average molecular weight is 289 g/mol. The van der Waals surface area contributed by atoms with E-state index in [1.54, 1.807) is 18.0 Å². The van der Waals surface area contributed by atoms with Gasteiger partial charge < -0.3 is 10.5 Å². The lowest BCUT2D eigenvalue weighted by Crippen LogP contribution is -2.00. The first kappa shape index (κ1) is 14.8. The summed E-state index contributed by atoms with van der Waals surface area (Å²) in [5.41, 5.74) is 7.66. The standard InChI is InChI=1S/C15H19N3OS/c1-12-7-8-17-15(18-12)20-10-2-9-19-14-5-3-13(11-16)4-6-14/h3-8H,2,9-11,16H2,1H3. The van der Waals surface area contributed by atoms with E-state index in [0.717, 1.165) is 34.3 Å². The van der Waals surface area contributed by atoms with E-state index in [1.807, 2.05) is 37.3 Å². The highest BCUT2D eigenvalue weighted by Gasteiger charge is 1.99. The number of thioether (sulfide) groups is 1. The van der Waals surface area contributed by atoms with Gasteiger partial charge in [0.25, 0.3) is 0 Å². The first-order chi connectivity index (χ1) is 9.78. The summed E-state index contributed by atoms with van der Waals surface area (Å²) >= 11 is 1.66. The minimum atomic E-state index is 0.563. The molecule has 1 aromatic carbocycles. The predicted octanol–water partition coefficient (Wildman–Crippen LogP) is 2.80. The molecule has 2 N–H and O–H groups in total. The molecule has 1 aromatic heterocycles. The summed E-state index contributed by atoms with van der Waals surface area (Å²) < 4.78 is 5.67. The number of benzene rings is 1. The van der Waals surface area contributed by atoms with Crippen LogP contribution in [0.4, 0.5) is 0 Å². The Morgan fingerprint density at radius 1 is 1.20 bits per heavy atom. The Morgan fingerprint density at radius 2 is 2.00 bits per heavy atom. The number of aromatic nitrogens is 2. The number of rotatable bonds is 7. The van der Waals surface area contributed by atoms with Crippen LogP contribution in [0.25, 0.3) is 0 Å². The Balaban J connectivity index is 1.66. The number of nitrogens with two attached hydrogens (primary N) is 1. The summed E-state index contributed by atoms with van der Waals surface area (Å²) in [7, 11) is 0. The Morgan fingerprint density at radius 3 is 2.70 bits per heavy atom. The van der Waals surface area contributed by atoms with Crippen LogP contribution in [0.2, 0.25) is 0 Å². The first-order valence-corrected chi connectivity index (χ1v) is 7.61. The second-order valence-corrected chi connectivity index (χ2v) is 5.44. The molecule has 4 nitrogen and oxygen atoms in total. The van der Waals surface area contributed by atoms with Gasteiger partial charge in [-0.05, 0) is 37.1 Å². The van der Waals surface area contributed by atoms with Crippen molar-refractivity contribution in [2.24, 2.45) is 5.73 Å². The van der Waals surface area contributed by atoms with Gasteiger partial charge in [-0.2, -0.15) is 0 Å². The van der Waals surface area contributed by atoms with E-state index in [4.69, 9.17) is 10.5 Å². The molecule has 5 heteroatoms. The molecule has 0 saturated heterocycles. The lowest BCUT2D eigenvalue weighted by Gasteiger charge is -2.06. The second kappa shape index (κ2) is 7.87. The van der Waals surface area contributed by atoms with E-state index in [9.17, 15) is 0 Å². The molecule has 0 amide bonds. The second-order valence-electron chi connectivity index (χ2n) is 4.38. The van der Waals surface area contributed by atoms with Crippen LogP contribution in [-0.2, 0) is 6.54 Å². The Hall–Kier alpha value is -1.59. The van der Waals surface area contributed by atoms with Crippen molar-refractivity contribution in [1.82, 2.24) is 9.97 Å². The maximum atomic E-state index is 5.67. The molecule has 0 aliphatic carbocycles. The van der Waals surface area contributed by atoms with Gasteiger partial charge in [0.05, 0.1) is 6.61 Å². The first-order valence-electron chi connectivity index (χ1n) is 6.62. The third kappa shape index (κ3) is 4.83. The van der Waals surface area contributed by atoms with Crippen LogP contribution < -0.4 is 10.5 Å². The van der Waals surface area contributed by atoms with Crippen LogP contribution in [0, 0.1) is 6.92 Å². The van der Waals surface area contributed by atoms with Crippen molar-refractivity contribution in [2.75, 3.05) is 12.4 Å². The molecule has 2 rings (SSSR count). The molecule has 0 bridgehead atoms. The topological polar surface area (TPSA) is 61.0 Å². The zero-order valence-electron chi connectivity index (χ0n) is 11.6. The maximum Gasteiger partial charge on any atom is 0.187 e. The average Bonchev–Trinajstić information content (AvgIpc) is 2.48. The maximum absolute atomic E-state index is 5.67. The number of nitrogens with zero attached hydrogens (tertiary/aromatic N) is 2. The van der Waals surface area contributed by atoms with Crippen molar-refractivity contribution in [2.45, 2.75) is 25.0 Å². The zero-order valence-corrected chi connectivity index (χ0v) is 12.4. The lowest BCUT2D eigenvalue weighted by molar-refractivity contribution is 0.318. The molecule has 0 aliphatic rings. The molecule has 106 valence electrons. The van der Waals surface area contributed by atoms with Crippen LogP contribution in [-0.4, -0.2) is 22.3 Å². The molecule has 0 atom stereocenters. The van der Waals surface area contributed by atoms with E-state index in [2.05, 4.69) is 9.97 Å². The van der Waals surface area contributed by atoms with Crippen molar-refractivity contribution < 1.29 is 4.74 Å². The highest BCUT2D eigenvalue weighted by Crippen LogP contribution is 2.15. The molecular weight excluding hydrogens is 270 g/mol. The number of ether oxygens (including phenoxy) is 1. The van der Waals surface area contributed by atoms with Crippen LogP contribution in [0.5, 0.6) is 5.75 Å². The molecule has 1 heterocycles. The van der Waals surface area contributed by atoms with Gasteiger partial charge in [0.15, 0.2) is 5.16 Å². The fraction of sp³-hybridized carbons (Fsp3) is 0.333. The van der Waals surface area contributed by atoms with Crippen molar-refractivity contribution in [3.05, 3.63) is 47.8 Å². The Labute approximate surface area is 123 Å². The molecule has 0 radical (unpaired) electrons. The van der Waals surface area contributed by atoms with Gasteiger partial charge in [0.1, 0.15) is 5.75 Å². The van der Waals surface area contributed by atoms with E-state index in [1.165, 1.54) is 0 Å². The summed E-state index contributed by atoms with van der Waals surface area (Å²) in [5, 5.41) is 0.831. The lowest BCUT2D eigenvalue weighted by atomic mass is 10.2. The Kier molecular flexibility index (Phi) is 5.83. The van der Waals surface area contributed by atoms with E-state index in [-0.39, 0.29) is 0 Å². The molecule has 0 fully saturated rings. The molecule has 0 aliphatic heterocycles. The van der Waals surface area contributed by atoms with Crippen LogP contribution >= 0.6 is 11.8 Å². The Bertz CT molecular complexity index is 531. The highest BCUT2D eigenvalue weighted by atomic mass is 32.2. The summed E-state index contributed by atoms with van der Waals surface area (Å²) in [6, 6.07) is 9.80. The molecule has 20 heavy (non-hydrogen) atoms. The fourth-order valence-corrected chi connectivity index (χ4v) is 2.42. The molecular formula is C15H19N3OS. The summed E-state index contributed by atoms with van der Waals surface area (Å²) in [5.74, 6) is 1.84. The van der Waals surface area contributed by atoms with Crippen LogP contribution in [0.3, 0.4) is 0 Å². The zero-order chi connectivity index (χ0) is 14.2. The quantitative estimate of drug-likeness (QED) is 0.482. The summed E-state index contributed by atoms with van der Waals surface area (Å²) in [6.07, 6.45) is 2.75. The van der Waals surface area contributed by atoms with Crippen molar-refractivity contribution in [1.29, 1.82) is 0 Å². The third-order valence-electron chi connectivity index (χ3n) is 2.72. The molecule has 0 unspecified atom stereocenters. The molecule has 0 spiro atoms. The molecule has 0 saturated carbocycles. The monoisotopic (exact) mass is 289 g/mol. The smallest absolute Gasteiger partial charge is 0.187 e. The van der Waals surface area contributed by atoms with Gasteiger partial charge in [-0.25, -0.2) is 9.97 Å². The molecule has 2 aromatic rings. The van der Waals surface area contributed by atoms with E-state index in [0.29, 0.717) is 13.2 Å². The van der Waals surface area contributed by atoms with Crippen molar-refractivity contribution in [3.63, 3.8) is 0 Å². The number of hydrogen-bond acceptors (Lipinski definition) is 5. The van der Waals surface area contributed by atoms with Crippen LogP contribution in [0.15, 0.2) is 41.7 Å². The largest absolute Gasteiger partial charge is 0.494 e. The number of hydrogen-bond donors (Lipinski definition) is 1. The van der Waals surface area contributed by atoms with Crippen LogP contribution in [0.1, 0.15) is 17.7 Å². The normalized spacial score (nSPS) is 10.5. The van der Waals surface area contributed by atoms with Crippen molar-refractivity contribution >= 4 is 11.8 Å². The third-order valence-corrected chi connectivity index (χ3v) is 3.67. The fourth-order valence-electron chi connectivity index (χ4n) is 1.63. The number of aryl methyl sites for hydroxylation is 1. The predicted molar refractivity (Wildman–Crippen MR) is 81.9 cm³/mol. The van der Waals surface area contributed by atoms with E-state index < -0.39 is 0 Å². The highest BCUT2D eigenvalue weighted by molar-refractivity contribution is 7.99. The SMILES string of the molecule is Cc1ccnc(SCCCOc2ccc(CN)cc2)n1. The minimum absolute atomic E-state index is 0.563. The summed E-state index contributed by atoms with van der Waals surface area (Å²) in [6.45, 7) is 3.23. The van der Waals surface area contributed by atoms with Gasteiger partial charge >= 0.3 is 0 Å². The van der Waals surface area contributed by atoms with Gasteiger partial charge in [0, 0.05) is 24.2 Å². The van der Waals surface area contributed by atoms with Gasteiger partial charge in [-0.3, -0.25) is 0 Å². The van der Waals surface area contributed by atoms with Gasteiger partial charge in [0.2, 0.25) is 0 Å². The summed E-state index contributed by atoms with van der Waals surface area (Å²) in [4.78, 5) is 8.56.